The zero-order valence-corrected chi connectivity index (χ0v) is 21.9. The molecule has 198 valence electrons. The first kappa shape index (κ1) is 23.8. The number of aromatic nitrogens is 1. The van der Waals surface area contributed by atoms with Crippen LogP contribution in [0, 0.1) is 0 Å². The number of carbonyl (C=O) groups excluding carboxylic acids is 1. The Kier molecular flexibility index (Phi) is 5.91. The molecule has 5 atom stereocenters. The molecule has 4 bridgehead atoms. The van der Waals surface area contributed by atoms with Gasteiger partial charge in [0.1, 0.15) is 5.76 Å². The third kappa shape index (κ3) is 4.41. The molecule has 1 aromatic heterocycles. The van der Waals surface area contributed by atoms with Gasteiger partial charge in [-0.25, -0.2) is 0 Å². The van der Waals surface area contributed by atoms with Gasteiger partial charge in [0.25, 0.3) is 16.1 Å². The van der Waals surface area contributed by atoms with E-state index in [1.807, 2.05) is 6.07 Å². The maximum absolute atomic E-state index is 13.9. The summed E-state index contributed by atoms with van der Waals surface area (Å²) >= 11 is 0. The standard InChI is InChI=1S/C27H35N5O4S/c33-27(25-14-26(36-29-25)19-6-7-19)28-20-12-21-8-9-22(13-20)32(21)37(34,35)30-16-23-10-11-24(17-30)31(23)15-18-4-2-1-3-5-18/h1-5,14,19-24H,6-13,15-17H2,(H,28,33)/t20?,21-,22+,23?,24?. The van der Waals surface area contributed by atoms with Gasteiger partial charge in [0, 0.05) is 61.8 Å². The van der Waals surface area contributed by atoms with Crippen LogP contribution in [0.25, 0.3) is 0 Å². The molecule has 37 heavy (non-hydrogen) atoms. The van der Waals surface area contributed by atoms with Crippen molar-refractivity contribution in [1.82, 2.24) is 24.0 Å². The van der Waals surface area contributed by atoms with Gasteiger partial charge in [0.15, 0.2) is 5.69 Å². The maximum atomic E-state index is 13.9. The van der Waals surface area contributed by atoms with Crippen LogP contribution in [0.1, 0.15) is 79.1 Å². The third-order valence-electron chi connectivity index (χ3n) is 9.14. The number of fused-ring (bicyclic) bond motifs is 4. The summed E-state index contributed by atoms with van der Waals surface area (Å²) in [5.74, 6) is 0.986. The Morgan fingerprint density at radius 1 is 0.946 bits per heavy atom. The number of benzene rings is 1. The molecule has 10 heteroatoms. The summed E-state index contributed by atoms with van der Waals surface area (Å²) in [7, 11) is -3.55. The lowest BCUT2D eigenvalue weighted by atomic mass is 9.99. The Bertz CT molecular complexity index is 1230. The van der Waals surface area contributed by atoms with E-state index < -0.39 is 10.2 Å². The van der Waals surface area contributed by atoms with Crippen LogP contribution in [0.5, 0.6) is 0 Å². The smallest absolute Gasteiger partial charge is 0.282 e. The van der Waals surface area contributed by atoms with E-state index >= 15 is 0 Å². The third-order valence-corrected chi connectivity index (χ3v) is 11.2. The summed E-state index contributed by atoms with van der Waals surface area (Å²) in [5.41, 5.74) is 1.61. The van der Waals surface area contributed by atoms with Crippen molar-refractivity contribution < 1.29 is 17.7 Å². The molecule has 3 unspecified atom stereocenters. The molecule has 2 aromatic rings. The molecule has 4 aliphatic heterocycles. The summed E-state index contributed by atoms with van der Waals surface area (Å²) in [6, 6.07) is 12.6. The Morgan fingerprint density at radius 3 is 2.24 bits per heavy atom. The largest absolute Gasteiger partial charge is 0.360 e. The van der Waals surface area contributed by atoms with E-state index in [0.717, 1.165) is 50.8 Å². The zero-order chi connectivity index (χ0) is 25.1. The van der Waals surface area contributed by atoms with Crippen LogP contribution < -0.4 is 5.32 Å². The molecule has 1 aromatic carbocycles. The second-order valence-electron chi connectivity index (χ2n) is 11.6. The van der Waals surface area contributed by atoms with Crippen LogP contribution >= 0.6 is 0 Å². The number of rotatable bonds is 7. The Balaban J connectivity index is 0.999. The second-order valence-corrected chi connectivity index (χ2v) is 13.4. The van der Waals surface area contributed by atoms with E-state index in [9.17, 15) is 13.2 Å². The van der Waals surface area contributed by atoms with Gasteiger partial charge < -0.3 is 9.84 Å². The van der Waals surface area contributed by atoms with Crippen LogP contribution in [0.2, 0.25) is 0 Å². The van der Waals surface area contributed by atoms with E-state index in [2.05, 4.69) is 39.6 Å². The Morgan fingerprint density at radius 2 is 1.59 bits per heavy atom. The first-order valence-corrected chi connectivity index (χ1v) is 15.2. The molecule has 0 radical (unpaired) electrons. The molecule has 1 N–H and O–H groups in total. The number of piperazine rings is 1. The van der Waals surface area contributed by atoms with Crippen LogP contribution in [-0.4, -0.2) is 76.3 Å². The van der Waals surface area contributed by atoms with E-state index in [-0.39, 0.29) is 36.1 Å². The fraction of sp³-hybridized carbons (Fsp3) is 0.630. The van der Waals surface area contributed by atoms with Crippen molar-refractivity contribution in [3.8, 4) is 0 Å². The van der Waals surface area contributed by atoms with Crippen LogP contribution in [0.4, 0.5) is 0 Å². The van der Waals surface area contributed by atoms with Crippen molar-refractivity contribution in [3.63, 3.8) is 0 Å². The molecule has 5 aliphatic rings. The molecule has 5 heterocycles. The lowest BCUT2D eigenvalue weighted by Gasteiger charge is -2.45. The topological polar surface area (TPSA) is 99.0 Å². The van der Waals surface area contributed by atoms with Crippen molar-refractivity contribution in [1.29, 1.82) is 0 Å². The number of nitrogens with one attached hydrogen (secondary N) is 1. The summed E-state index contributed by atoms with van der Waals surface area (Å²) in [5, 5.41) is 7.07. The lowest BCUT2D eigenvalue weighted by molar-refractivity contribution is 0.0871. The Labute approximate surface area is 218 Å². The van der Waals surface area contributed by atoms with E-state index in [1.165, 1.54) is 5.56 Å². The molecular formula is C27H35N5O4S. The summed E-state index contributed by atoms with van der Waals surface area (Å²) in [4.78, 5) is 15.3. The number of amides is 1. The quantitative estimate of drug-likeness (QED) is 0.597. The average Bonchev–Trinajstić information content (AvgIpc) is 3.49. The van der Waals surface area contributed by atoms with Crippen molar-refractivity contribution in [2.24, 2.45) is 0 Å². The van der Waals surface area contributed by atoms with Gasteiger partial charge >= 0.3 is 0 Å². The highest BCUT2D eigenvalue weighted by molar-refractivity contribution is 7.86. The van der Waals surface area contributed by atoms with Crippen molar-refractivity contribution in [2.75, 3.05) is 13.1 Å². The van der Waals surface area contributed by atoms with Crippen LogP contribution in [0.15, 0.2) is 40.9 Å². The lowest BCUT2D eigenvalue weighted by Crippen LogP contribution is -2.61. The molecule has 1 amide bonds. The first-order valence-electron chi connectivity index (χ1n) is 13.8. The summed E-state index contributed by atoms with van der Waals surface area (Å²) < 4.78 is 36.8. The van der Waals surface area contributed by atoms with Gasteiger partial charge in [-0.2, -0.15) is 17.0 Å². The number of piperidine rings is 1. The van der Waals surface area contributed by atoms with E-state index in [1.54, 1.807) is 14.7 Å². The predicted octanol–water partition coefficient (Wildman–Crippen LogP) is 2.87. The molecule has 1 aliphatic carbocycles. The molecule has 4 saturated heterocycles. The monoisotopic (exact) mass is 525 g/mol. The fourth-order valence-corrected chi connectivity index (χ4v) is 9.29. The van der Waals surface area contributed by atoms with E-state index in [4.69, 9.17) is 4.52 Å². The summed E-state index contributed by atoms with van der Waals surface area (Å²) in [6.45, 7) is 2.02. The molecule has 1 saturated carbocycles. The molecule has 9 nitrogen and oxygen atoms in total. The van der Waals surface area contributed by atoms with Crippen molar-refractivity contribution >= 4 is 16.1 Å². The molecule has 7 rings (SSSR count). The highest BCUT2D eigenvalue weighted by Gasteiger charge is 2.52. The van der Waals surface area contributed by atoms with Crippen LogP contribution in [0.3, 0.4) is 0 Å². The zero-order valence-electron chi connectivity index (χ0n) is 21.0. The Hall–Kier alpha value is -2.27. The number of nitrogens with zero attached hydrogens (tertiary/aromatic N) is 4. The highest BCUT2D eigenvalue weighted by Crippen LogP contribution is 2.42. The number of carbonyl (C=O) groups is 1. The predicted molar refractivity (Wildman–Crippen MR) is 137 cm³/mol. The minimum absolute atomic E-state index is 0.0450. The van der Waals surface area contributed by atoms with Gasteiger partial charge in [-0.1, -0.05) is 35.5 Å². The highest BCUT2D eigenvalue weighted by atomic mass is 32.2. The van der Waals surface area contributed by atoms with Gasteiger partial charge in [-0.15, -0.1) is 0 Å². The number of hydrogen-bond donors (Lipinski definition) is 1. The van der Waals surface area contributed by atoms with Gasteiger partial charge in [-0.3, -0.25) is 9.69 Å². The van der Waals surface area contributed by atoms with Crippen molar-refractivity contribution in [2.45, 2.75) is 94.0 Å². The molecule has 0 spiro atoms. The summed E-state index contributed by atoms with van der Waals surface area (Å²) in [6.07, 6.45) is 7.29. The van der Waals surface area contributed by atoms with Crippen molar-refractivity contribution in [3.05, 3.63) is 53.4 Å². The maximum Gasteiger partial charge on any atom is 0.282 e. The molecular weight excluding hydrogens is 490 g/mol. The molecule has 5 fully saturated rings. The SMILES string of the molecule is O=C(NC1C[C@H]2CC[C@@H](C1)N2S(=O)(=O)N1CC2CCC(C1)N2Cc1ccccc1)c1cc(C2CC2)on1. The normalized spacial score (nSPS) is 32.6. The second kappa shape index (κ2) is 9.18. The van der Waals surface area contributed by atoms with E-state index in [0.29, 0.717) is 37.5 Å². The number of hydrogen-bond acceptors (Lipinski definition) is 6. The van der Waals surface area contributed by atoms with Gasteiger partial charge in [-0.05, 0) is 56.9 Å². The van der Waals surface area contributed by atoms with Gasteiger partial charge in [0.05, 0.1) is 0 Å². The minimum Gasteiger partial charge on any atom is -0.360 e. The average molecular weight is 526 g/mol. The minimum atomic E-state index is -3.55. The fourth-order valence-electron chi connectivity index (χ4n) is 7.17. The van der Waals surface area contributed by atoms with Gasteiger partial charge in [0.2, 0.25) is 0 Å². The van der Waals surface area contributed by atoms with Crippen LogP contribution in [-0.2, 0) is 16.8 Å². The first-order chi connectivity index (χ1) is 18.0.